The topological polar surface area (TPSA) is 92.1 Å². The second-order valence-corrected chi connectivity index (χ2v) is 8.23. The van der Waals surface area contributed by atoms with Gasteiger partial charge >= 0.3 is 0 Å². The summed E-state index contributed by atoms with van der Waals surface area (Å²) in [4.78, 5) is 25.8. The molecule has 0 aliphatic carbocycles. The molecule has 0 atom stereocenters. The molecule has 0 saturated carbocycles. The van der Waals surface area contributed by atoms with Crippen LogP contribution in [0.1, 0.15) is 18.4 Å². The number of anilines is 1. The molecule has 0 spiro atoms. The van der Waals surface area contributed by atoms with Crippen molar-refractivity contribution in [2.45, 2.75) is 25.4 Å². The summed E-state index contributed by atoms with van der Waals surface area (Å²) in [7, 11) is 1.81. The van der Waals surface area contributed by atoms with Crippen molar-refractivity contribution in [1.82, 2.24) is 35.2 Å². The van der Waals surface area contributed by atoms with Crippen molar-refractivity contribution in [1.29, 1.82) is 0 Å². The normalized spacial score (nSPS) is 18.5. The van der Waals surface area contributed by atoms with E-state index in [1.54, 1.807) is 4.68 Å². The third kappa shape index (κ3) is 3.72. The third-order valence-corrected chi connectivity index (χ3v) is 6.10. The zero-order chi connectivity index (χ0) is 20.5. The Labute approximate surface area is 175 Å². The van der Waals surface area contributed by atoms with E-state index in [1.807, 2.05) is 13.1 Å². The number of aryl methyl sites for hydroxylation is 1. The van der Waals surface area contributed by atoms with Crippen LogP contribution in [0.25, 0.3) is 11.2 Å². The van der Waals surface area contributed by atoms with Crippen molar-refractivity contribution in [2.24, 2.45) is 13.0 Å². The van der Waals surface area contributed by atoms with E-state index in [-0.39, 0.29) is 17.9 Å². The van der Waals surface area contributed by atoms with Gasteiger partial charge in [0.25, 0.3) is 0 Å². The molecule has 1 amide bonds. The Kier molecular flexibility index (Phi) is 5.04. The van der Waals surface area contributed by atoms with Crippen LogP contribution in [0.4, 0.5) is 5.82 Å². The van der Waals surface area contributed by atoms with E-state index in [0.29, 0.717) is 24.3 Å². The molecular weight excluding hydrogens is 380 g/mol. The van der Waals surface area contributed by atoms with Gasteiger partial charge in [-0.05, 0) is 18.4 Å². The monoisotopic (exact) mass is 406 g/mol. The number of carbonyl (C=O) groups is 1. The predicted octanol–water partition coefficient (Wildman–Crippen LogP) is 0.975. The second kappa shape index (κ2) is 7.98. The molecule has 2 aliphatic rings. The Morgan fingerprint density at radius 2 is 1.90 bits per heavy atom. The summed E-state index contributed by atoms with van der Waals surface area (Å²) in [5.41, 5.74) is 2.73. The number of likely N-dealkylation sites (tertiary alicyclic amines) is 1. The van der Waals surface area contributed by atoms with E-state index < -0.39 is 0 Å². The molecule has 0 unspecified atom stereocenters. The van der Waals surface area contributed by atoms with E-state index in [4.69, 9.17) is 0 Å². The maximum absolute atomic E-state index is 12.7. The molecule has 156 valence electrons. The Morgan fingerprint density at radius 1 is 1.13 bits per heavy atom. The van der Waals surface area contributed by atoms with E-state index in [9.17, 15) is 4.79 Å². The lowest BCUT2D eigenvalue weighted by molar-refractivity contribution is -0.126. The van der Waals surface area contributed by atoms with Gasteiger partial charge in [-0.25, -0.2) is 14.6 Å². The molecule has 4 heterocycles. The number of hydrogen-bond acceptors (Lipinski definition) is 7. The number of fused-ring (bicyclic) bond motifs is 1. The summed E-state index contributed by atoms with van der Waals surface area (Å²) in [5, 5.41) is 11.4. The van der Waals surface area contributed by atoms with Crippen LogP contribution in [0.3, 0.4) is 0 Å². The minimum Gasteiger partial charge on any atom is -0.353 e. The summed E-state index contributed by atoms with van der Waals surface area (Å²) >= 11 is 0. The minimum atomic E-state index is -0.00552. The first-order chi connectivity index (χ1) is 14.7. The fraction of sp³-hybridized carbons (Fsp3) is 0.476. The first-order valence-electron chi connectivity index (χ1n) is 10.5. The van der Waals surface area contributed by atoms with E-state index in [0.717, 1.165) is 38.3 Å². The Bertz CT molecular complexity index is 1020. The number of amides is 1. The summed E-state index contributed by atoms with van der Waals surface area (Å²) in [5.74, 6) is 0.901. The standard InChI is InChI=1S/C21H26N8O/c1-27-19-18(25-26-27)20(23-14-22-19)29-12-16(13-29)21(30)24-17-7-9-28(10-8-17)11-15-5-3-2-4-6-15/h2-6,14,16-17H,7-13H2,1H3,(H,24,30). The number of hydrogen-bond donors (Lipinski definition) is 1. The highest BCUT2D eigenvalue weighted by molar-refractivity contribution is 5.86. The fourth-order valence-electron chi connectivity index (χ4n) is 4.29. The molecule has 1 aromatic carbocycles. The summed E-state index contributed by atoms with van der Waals surface area (Å²) < 4.78 is 1.63. The fourth-order valence-corrected chi connectivity index (χ4v) is 4.29. The molecular formula is C21H26N8O. The van der Waals surface area contributed by atoms with Gasteiger partial charge in [0, 0.05) is 45.8 Å². The summed E-state index contributed by atoms with van der Waals surface area (Å²) in [6.07, 6.45) is 3.53. The van der Waals surface area contributed by atoms with Gasteiger partial charge in [0.2, 0.25) is 5.91 Å². The first kappa shape index (κ1) is 18.9. The summed E-state index contributed by atoms with van der Waals surface area (Å²) in [6.45, 7) is 4.32. The SMILES string of the molecule is Cn1nnc2c(N3CC(C(=O)NC4CCN(Cc5ccccc5)CC4)C3)ncnc21. The van der Waals surface area contributed by atoms with Crippen LogP contribution < -0.4 is 10.2 Å². The first-order valence-corrected chi connectivity index (χ1v) is 10.5. The quantitative estimate of drug-likeness (QED) is 0.675. The predicted molar refractivity (Wildman–Crippen MR) is 113 cm³/mol. The molecule has 0 bridgehead atoms. The van der Waals surface area contributed by atoms with Crippen LogP contribution in [0.2, 0.25) is 0 Å². The van der Waals surface area contributed by atoms with Crippen molar-refractivity contribution in [2.75, 3.05) is 31.1 Å². The Hall–Kier alpha value is -3.07. The highest BCUT2D eigenvalue weighted by Gasteiger charge is 2.36. The van der Waals surface area contributed by atoms with Gasteiger partial charge in [-0.3, -0.25) is 9.69 Å². The van der Waals surface area contributed by atoms with Crippen molar-refractivity contribution in [3.8, 4) is 0 Å². The number of benzene rings is 1. The highest BCUT2D eigenvalue weighted by atomic mass is 16.2. The molecule has 9 nitrogen and oxygen atoms in total. The minimum absolute atomic E-state index is 0.00552. The summed E-state index contributed by atoms with van der Waals surface area (Å²) in [6, 6.07) is 10.8. The number of nitrogens with zero attached hydrogens (tertiary/aromatic N) is 7. The van der Waals surface area contributed by atoms with Crippen molar-refractivity contribution in [3.05, 3.63) is 42.2 Å². The molecule has 5 rings (SSSR count). The van der Waals surface area contributed by atoms with Gasteiger partial charge in [-0.2, -0.15) is 0 Å². The lowest BCUT2D eigenvalue weighted by Crippen LogP contribution is -2.56. The molecule has 1 N–H and O–H groups in total. The Balaban J connectivity index is 1.10. The van der Waals surface area contributed by atoms with Gasteiger partial charge in [-0.15, -0.1) is 5.10 Å². The van der Waals surface area contributed by atoms with Gasteiger partial charge in [0.15, 0.2) is 17.0 Å². The highest BCUT2D eigenvalue weighted by Crippen LogP contribution is 2.27. The van der Waals surface area contributed by atoms with Crippen LogP contribution >= 0.6 is 0 Å². The van der Waals surface area contributed by atoms with E-state index in [1.165, 1.54) is 11.9 Å². The number of carbonyl (C=O) groups excluding carboxylic acids is 1. The molecule has 3 aromatic rings. The van der Waals surface area contributed by atoms with E-state index in [2.05, 4.69) is 59.7 Å². The number of nitrogens with one attached hydrogen (secondary N) is 1. The number of aromatic nitrogens is 5. The number of piperidine rings is 1. The third-order valence-electron chi connectivity index (χ3n) is 6.10. The smallest absolute Gasteiger partial charge is 0.226 e. The van der Waals surface area contributed by atoms with Crippen LogP contribution in [-0.2, 0) is 18.4 Å². The molecule has 0 radical (unpaired) electrons. The lowest BCUT2D eigenvalue weighted by Gasteiger charge is -2.40. The maximum atomic E-state index is 12.7. The van der Waals surface area contributed by atoms with Crippen LogP contribution in [0.15, 0.2) is 36.7 Å². The zero-order valence-electron chi connectivity index (χ0n) is 17.1. The molecule has 2 saturated heterocycles. The van der Waals surface area contributed by atoms with Crippen LogP contribution in [0.5, 0.6) is 0 Å². The van der Waals surface area contributed by atoms with Gasteiger partial charge in [0.05, 0.1) is 5.92 Å². The Morgan fingerprint density at radius 3 is 2.67 bits per heavy atom. The van der Waals surface area contributed by atoms with E-state index >= 15 is 0 Å². The van der Waals surface area contributed by atoms with Crippen molar-refractivity contribution in [3.63, 3.8) is 0 Å². The van der Waals surface area contributed by atoms with Crippen molar-refractivity contribution < 1.29 is 4.79 Å². The van der Waals surface area contributed by atoms with Crippen LogP contribution in [-0.4, -0.2) is 68.0 Å². The number of rotatable bonds is 5. The average molecular weight is 406 g/mol. The molecule has 2 aliphatic heterocycles. The largest absolute Gasteiger partial charge is 0.353 e. The lowest BCUT2D eigenvalue weighted by atomic mass is 9.97. The van der Waals surface area contributed by atoms with Gasteiger partial charge < -0.3 is 10.2 Å². The van der Waals surface area contributed by atoms with Gasteiger partial charge in [-0.1, -0.05) is 35.5 Å². The molecule has 2 aromatic heterocycles. The molecule has 2 fully saturated rings. The van der Waals surface area contributed by atoms with Crippen LogP contribution in [0, 0.1) is 5.92 Å². The maximum Gasteiger partial charge on any atom is 0.226 e. The zero-order valence-corrected chi connectivity index (χ0v) is 17.1. The average Bonchev–Trinajstić information content (AvgIpc) is 3.11. The molecule has 9 heteroatoms. The second-order valence-electron chi connectivity index (χ2n) is 8.23. The molecule has 30 heavy (non-hydrogen) atoms. The van der Waals surface area contributed by atoms with Crippen molar-refractivity contribution >= 4 is 22.9 Å². The van der Waals surface area contributed by atoms with Gasteiger partial charge in [0.1, 0.15) is 6.33 Å².